The molecule has 0 amide bonds. The number of hydrogen-bond acceptors (Lipinski definition) is 5. The number of anilines is 1. The van der Waals surface area contributed by atoms with Gasteiger partial charge in [-0.2, -0.15) is 0 Å². The van der Waals surface area contributed by atoms with E-state index in [2.05, 4.69) is 15.9 Å². The lowest BCUT2D eigenvalue weighted by Gasteiger charge is -2.29. The Bertz CT molecular complexity index is 449. The van der Waals surface area contributed by atoms with Gasteiger partial charge in [0.25, 0.3) is 0 Å². The molecule has 0 aliphatic carbocycles. The van der Waals surface area contributed by atoms with Crippen molar-refractivity contribution in [1.29, 1.82) is 0 Å². The number of ether oxygens (including phenoxy) is 1. The number of hydrogen-bond donors (Lipinski definition) is 1. The lowest BCUT2D eigenvalue weighted by atomic mass is 10.2. The molecule has 78 valence electrons. The third kappa shape index (κ3) is 1.30. The molecule has 0 radical (unpaired) electrons. The predicted molar refractivity (Wildman–Crippen MR) is 54.9 cm³/mol. The van der Waals surface area contributed by atoms with Crippen LogP contribution in [0.3, 0.4) is 0 Å². The highest BCUT2D eigenvalue weighted by Gasteiger charge is 2.33. The fraction of sp³-hybridized carbons (Fsp3) is 0.111. The van der Waals surface area contributed by atoms with Crippen molar-refractivity contribution in [2.24, 2.45) is 0 Å². The first kappa shape index (κ1) is 9.02. The first-order chi connectivity index (χ1) is 7.25. The van der Waals surface area contributed by atoms with Crippen LogP contribution in [0.2, 0.25) is 0 Å². The normalized spacial score (nSPS) is 18.8. The predicted octanol–water partition coefficient (Wildman–Crippen LogP) is 2.04. The summed E-state index contributed by atoms with van der Waals surface area (Å²) in [6.07, 6.45) is 1.45. The second-order valence-electron chi connectivity index (χ2n) is 3.18. The molecule has 15 heavy (non-hydrogen) atoms. The zero-order valence-electron chi connectivity index (χ0n) is 7.55. The minimum absolute atomic E-state index is 0.381. The van der Waals surface area contributed by atoms with Crippen molar-refractivity contribution in [2.45, 2.75) is 0 Å². The number of halogens is 1. The van der Waals surface area contributed by atoms with E-state index in [1.165, 1.54) is 6.26 Å². The molecule has 3 rings (SSSR count). The van der Waals surface area contributed by atoms with Crippen molar-refractivity contribution in [3.05, 3.63) is 34.6 Å². The van der Waals surface area contributed by atoms with E-state index in [0.717, 1.165) is 15.9 Å². The van der Waals surface area contributed by atoms with Gasteiger partial charge in [0, 0.05) is 4.47 Å². The highest BCUT2D eigenvalue weighted by Crippen LogP contribution is 2.39. The molecule has 0 fully saturated rings. The van der Waals surface area contributed by atoms with E-state index in [4.69, 9.17) is 9.57 Å². The number of benzene rings is 1. The Kier molecular flexibility index (Phi) is 1.88. The Morgan fingerprint density at radius 2 is 2.27 bits per heavy atom. The molecule has 1 N–H and O–H groups in total. The van der Waals surface area contributed by atoms with E-state index in [0.29, 0.717) is 17.7 Å². The third-order valence-electron chi connectivity index (χ3n) is 2.25. The smallest absolute Gasteiger partial charge is 0.145 e. The monoisotopic (exact) mass is 270 g/mol. The quantitative estimate of drug-likeness (QED) is 0.782. The lowest BCUT2D eigenvalue weighted by molar-refractivity contribution is -0.300. The molecule has 1 aromatic rings. The fourth-order valence-corrected chi connectivity index (χ4v) is 1.94. The van der Waals surface area contributed by atoms with Gasteiger partial charge in [-0.25, -0.2) is 5.01 Å². The molecular formula is C9H7BrN2O3. The van der Waals surface area contributed by atoms with E-state index in [-0.39, 0.29) is 0 Å². The summed E-state index contributed by atoms with van der Waals surface area (Å²) in [5, 5.41) is 11.7. The maximum Gasteiger partial charge on any atom is 0.145 e. The van der Waals surface area contributed by atoms with Gasteiger partial charge < -0.3 is 9.57 Å². The van der Waals surface area contributed by atoms with Gasteiger partial charge in [0.15, 0.2) is 0 Å². The Balaban J connectivity index is 2.13. The summed E-state index contributed by atoms with van der Waals surface area (Å²) in [4.78, 5) is 4.85. The fourth-order valence-electron chi connectivity index (χ4n) is 1.59. The number of hydrazine groups is 1. The van der Waals surface area contributed by atoms with E-state index in [1.807, 2.05) is 18.2 Å². The number of rotatable bonds is 0. The standard InChI is InChI=1S/C9H7BrN2O3/c10-6-1-2-9-8(3-6)11-7(4-14-9)5-15-12(11)13/h1-3,5,13H,4H2. The van der Waals surface area contributed by atoms with Crippen LogP contribution in [0.4, 0.5) is 5.69 Å². The summed E-state index contributed by atoms with van der Waals surface area (Å²) in [5.74, 6) is 0.708. The van der Waals surface area contributed by atoms with Crippen LogP contribution >= 0.6 is 15.9 Å². The van der Waals surface area contributed by atoms with Gasteiger partial charge in [-0.3, -0.25) is 5.21 Å². The second-order valence-corrected chi connectivity index (χ2v) is 4.10. The Morgan fingerprint density at radius 3 is 3.13 bits per heavy atom. The van der Waals surface area contributed by atoms with Gasteiger partial charge in [-0.05, 0) is 18.2 Å². The summed E-state index contributed by atoms with van der Waals surface area (Å²) in [6, 6.07) is 5.56. The molecule has 0 unspecified atom stereocenters. The Hall–Kier alpha value is -1.24. The maximum atomic E-state index is 9.48. The summed E-state index contributed by atoms with van der Waals surface area (Å²) in [5.41, 5.74) is 1.49. The molecule has 2 heterocycles. The molecule has 5 nitrogen and oxygen atoms in total. The van der Waals surface area contributed by atoms with Gasteiger partial charge in [0.1, 0.15) is 30.0 Å². The van der Waals surface area contributed by atoms with Crippen molar-refractivity contribution in [3.8, 4) is 5.75 Å². The zero-order chi connectivity index (χ0) is 10.4. The average Bonchev–Trinajstić information content (AvgIpc) is 2.60. The Labute approximate surface area is 94.1 Å². The van der Waals surface area contributed by atoms with Crippen LogP contribution in [-0.4, -0.2) is 17.1 Å². The van der Waals surface area contributed by atoms with Crippen molar-refractivity contribution >= 4 is 21.6 Å². The summed E-state index contributed by atoms with van der Waals surface area (Å²) in [6.45, 7) is 0.381. The molecule has 2 aliphatic heterocycles. The van der Waals surface area contributed by atoms with Gasteiger partial charge in [-0.15, -0.1) is 0 Å². The molecule has 0 saturated carbocycles. The van der Waals surface area contributed by atoms with E-state index < -0.39 is 0 Å². The van der Waals surface area contributed by atoms with Crippen LogP contribution in [0, 0.1) is 0 Å². The highest BCUT2D eigenvalue weighted by molar-refractivity contribution is 9.10. The highest BCUT2D eigenvalue weighted by atomic mass is 79.9. The third-order valence-corrected chi connectivity index (χ3v) is 2.74. The van der Waals surface area contributed by atoms with Gasteiger partial charge in [-0.1, -0.05) is 15.9 Å². The molecule has 1 aromatic carbocycles. The van der Waals surface area contributed by atoms with Crippen LogP contribution < -0.4 is 9.75 Å². The first-order valence-corrected chi connectivity index (χ1v) is 5.12. The SMILES string of the molecule is ON1OC=C2COc3ccc(Br)cc3N21. The molecule has 2 aliphatic rings. The van der Waals surface area contributed by atoms with Crippen LogP contribution in [0.5, 0.6) is 5.75 Å². The molecular weight excluding hydrogens is 264 g/mol. The van der Waals surface area contributed by atoms with Crippen LogP contribution in [0.25, 0.3) is 0 Å². The summed E-state index contributed by atoms with van der Waals surface area (Å²) in [7, 11) is 0. The van der Waals surface area contributed by atoms with Crippen LogP contribution in [-0.2, 0) is 4.84 Å². The summed E-state index contributed by atoms with van der Waals surface area (Å²) < 4.78 is 6.40. The second kappa shape index (κ2) is 3.13. The number of fused-ring (bicyclic) bond motifs is 3. The zero-order valence-corrected chi connectivity index (χ0v) is 9.14. The van der Waals surface area contributed by atoms with E-state index in [1.54, 1.807) is 5.01 Å². The average molecular weight is 271 g/mol. The van der Waals surface area contributed by atoms with Crippen molar-refractivity contribution < 1.29 is 14.8 Å². The largest absolute Gasteiger partial charge is 0.485 e. The topological polar surface area (TPSA) is 45.2 Å². The van der Waals surface area contributed by atoms with Crippen LogP contribution in [0.1, 0.15) is 0 Å². The van der Waals surface area contributed by atoms with Crippen molar-refractivity contribution in [2.75, 3.05) is 11.6 Å². The van der Waals surface area contributed by atoms with E-state index in [9.17, 15) is 5.21 Å². The van der Waals surface area contributed by atoms with Gasteiger partial charge in [0.05, 0.1) is 5.34 Å². The Morgan fingerprint density at radius 1 is 1.40 bits per heavy atom. The maximum absolute atomic E-state index is 9.48. The minimum Gasteiger partial charge on any atom is -0.485 e. The molecule has 0 atom stereocenters. The summed E-state index contributed by atoms with van der Waals surface area (Å²) >= 11 is 3.36. The van der Waals surface area contributed by atoms with Crippen molar-refractivity contribution in [1.82, 2.24) is 5.34 Å². The lowest BCUT2D eigenvalue weighted by Crippen LogP contribution is -2.38. The van der Waals surface area contributed by atoms with Gasteiger partial charge in [0.2, 0.25) is 0 Å². The van der Waals surface area contributed by atoms with Crippen LogP contribution in [0.15, 0.2) is 34.6 Å². The van der Waals surface area contributed by atoms with Crippen molar-refractivity contribution in [3.63, 3.8) is 0 Å². The molecule has 0 spiro atoms. The minimum atomic E-state index is 0.381. The first-order valence-electron chi connectivity index (χ1n) is 4.33. The number of nitrogens with zero attached hydrogens (tertiary/aromatic N) is 2. The van der Waals surface area contributed by atoms with Gasteiger partial charge >= 0.3 is 0 Å². The molecule has 0 bridgehead atoms. The molecule has 6 heteroatoms. The van der Waals surface area contributed by atoms with E-state index >= 15 is 0 Å². The molecule has 0 aromatic heterocycles. The molecule has 0 saturated heterocycles.